The van der Waals surface area contributed by atoms with Gasteiger partial charge in [0.25, 0.3) is 0 Å². The summed E-state index contributed by atoms with van der Waals surface area (Å²) in [5, 5.41) is 2.14. The molecule has 1 aromatic heterocycles. The third kappa shape index (κ3) is 3.29. The van der Waals surface area contributed by atoms with Crippen LogP contribution >= 0.6 is 23.3 Å². The maximum atomic E-state index is 4.50. The van der Waals surface area contributed by atoms with Crippen molar-refractivity contribution < 1.29 is 0 Å². The van der Waals surface area contributed by atoms with E-state index in [-0.39, 0.29) is 0 Å². The van der Waals surface area contributed by atoms with Crippen LogP contribution in [0.4, 0.5) is 0 Å². The predicted octanol–water partition coefficient (Wildman–Crippen LogP) is 3.05. The van der Waals surface area contributed by atoms with Gasteiger partial charge in [0.1, 0.15) is 0 Å². The average molecular weight is 216 g/mol. The van der Waals surface area contributed by atoms with Crippen molar-refractivity contribution in [2.24, 2.45) is 0 Å². The summed E-state index contributed by atoms with van der Waals surface area (Å²) in [4.78, 5) is 4.50. The van der Waals surface area contributed by atoms with Crippen molar-refractivity contribution in [3.63, 3.8) is 0 Å². The Morgan fingerprint density at radius 1 is 1.38 bits per heavy atom. The van der Waals surface area contributed by atoms with Crippen LogP contribution < -0.4 is 0 Å². The SMILES string of the molecule is CCc1csc(SN(CC)CC)n1. The molecule has 0 aliphatic carbocycles. The third-order valence-electron chi connectivity index (χ3n) is 1.81. The fourth-order valence-electron chi connectivity index (χ4n) is 0.956. The Labute approximate surface area is 88.5 Å². The molecule has 0 saturated carbocycles. The molecule has 74 valence electrons. The van der Waals surface area contributed by atoms with Crippen molar-refractivity contribution in [2.45, 2.75) is 31.5 Å². The molecule has 2 nitrogen and oxygen atoms in total. The molecular weight excluding hydrogens is 200 g/mol. The summed E-state index contributed by atoms with van der Waals surface area (Å²) in [6, 6.07) is 0. The van der Waals surface area contributed by atoms with E-state index in [0.29, 0.717) is 0 Å². The quantitative estimate of drug-likeness (QED) is 0.704. The lowest BCUT2D eigenvalue weighted by atomic mass is 10.4. The lowest BCUT2D eigenvalue weighted by Crippen LogP contribution is -2.13. The summed E-state index contributed by atoms with van der Waals surface area (Å²) in [5.74, 6) is 0. The second-order valence-corrected chi connectivity index (χ2v) is 4.87. The number of rotatable bonds is 5. The summed E-state index contributed by atoms with van der Waals surface area (Å²) in [6.45, 7) is 8.63. The van der Waals surface area contributed by atoms with Gasteiger partial charge in [0, 0.05) is 18.5 Å². The van der Waals surface area contributed by atoms with E-state index in [9.17, 15) is 0 Å². The van der Waals surface area contributed by atoms with Crippen LogP contribution in [-0.2, 0) is 6.42 Å². The highest BCUT2D eigenvalue weighted by Gasteiger charge is 2.05. The lowest BCUT2D eigenvalue weighted by Gasteiger charge is -2.13. The summed E-state index contributed by atoms with van der Waals surface area (Å²) in [6.07, 6.45) is 1.04. The minimum Gasteiger partial charge on any atom is -0.245 e. The van der Waals surface area contributed by atoms with Crippen molar-refractivity contribution in [1.29, 1.82) is 0 Å². The van der Waals surface area contributed by atoms with Gasteiger partial charge in [0.2, 0.25) is 0 Å². The normalized spacial score (nSPS) is 11.1. The minimum absolute atomic E-state index is 1.04. The van der Waals surface area contributed by atoms with E-state index >= 15 is 0 Å². The highest BCUT2D eigenvalue weighted by molar-refractivity contribution is 7.98. The molecule has 0 radical (unpaired) electrons. The van der Waals surface area contributed by atoms with E-state index in [1.807, 2.05) is 0 Å². The third-order valence-corrected chi connectivity index (χ3v) is 4.02. The molecule has 0 unspecified atom stereocenters. The van der Waals surface area contributed by atoms with Gasteiger partial charge < -0.3 is 0 Å². The monoisotopic (exact) mass is 216 g/mol. The Morgan fingerprint density at radius 3 is 2.54 bits per heavy atom. The van der Waals surface area contributed by atoms with E-state index in [2.05, 4.69) is 35.4 Å². The molecule has 0 amide bonds. The number of aryl methyl sites for hydroxylation is 1. The van der Waals surface area contributed by atoms with E-state index in [1.165, 1.54) is 10.0 Å². The maximum absolute atomic E-state index is 4.50. The van der Waals surface area contributed by atoms with Gasteiger partial charge in [0.15, 0.2) is 4.34 Å². The van der Waals surface area contributed by atoms with Crippen LogP contribution in [0.2, 0.25) is 0 Å². The molecular formula is C9H16N2S2. The Morgan fingerprint density at radius 2 is 2.08 bits per heavy atom. The van der Waals surface area contributed by atoms with Gasteiger partial charge in [-0.05, 0) is 18.4 Å². The smallest absolute Gasteiger partial charge is 0.165 e. The van der Waals surface area contributed by atoms with E-state index < -0.39 is 0 Å². The van der Waals surface area contributed by atoms with Crippen molar-refractivity contribution >= 4 is 23.3 Å². The van der Waals surface area contributed by atoms with Gasteiger partial charge in [0.05, 0.1) is 5.69 Å². The predicted molar refractivity (Wildman–Crippen MR) is 60.3 cm³/mol. The van der Waals surface area contributed by atoms with Crippen LogP contribution in [0.5, 0.6) is 0 Å². The van der Waals surface area contributed by atoms with Crippen LogP contribution in [0.3, 0.4) is 0 Å². The van der Waals surface area contributed by atoms with Gasteiger partial charge in [-0.15, -0.1) is 11.3 Å². The molecule has 0 aromatic carbocycles. The van der Waals surface area contributed by atoms with Crippen molar-refractivity contribution in [3.05, 3.63) is 11.1 Å². The Kier molecular flexibility index (Phi) is 4.77. The fraction of sp³-hybridized carbons (Fsp3) is 0.667. The van der Waals surface area contributed by atoms with Gasteiger partial charge in [-0.25, -0.2) is 9.29 Å². The molecule has 0 spiro atoms. The Balaban J connectivity index is 2.52. The van der Waals surface area contributed by atoms with E-state index in [0.717, 1.165) is 19.5 Å². The van der Waals surface area contributed by atoms with Gasteiger partial charge >= 0.3 is 0 Å². The number of thiazole rings is 1. The number of hydrogen-bond donors (Lipinski definition) is 0. The molecule has 1 heterocycles. The standard InChI is InChI=1S/C9H16N2S2/c1-4-8-7-12-9(10-8)13-11(5-2)6-3/h7H,4-6H2,1-3H3. The van der Waals surface area contributed by atoms with Gasteiger partial charge in [-0.1, -0.05) is 20.8 Å². The highest BCUT2D eigenvalue weighted by Crippen LogP contribution is 2.25. The van der Waals surface area contributed by atoms with E-state index in [1.54, 1.807) is 23.3 Å². The van der Waals surface area contributed by atoms with Crippen LogP contribution in [0, 0.1) is 0 Å². The zero-order valence-electron chi connectivity index (χ0n) is 8.41. The zero-order valence-corrected chi connectivity index (χ0v) is 10.0. The zero-order chi connectivity index (χ0) is 9.68. The van der Waals surface area contributed by atoms with Crippen LogP contribution in [0.25, 0.3) is 0 Å². The highest BCUT2D eigenvalue weighted by atomic mass is 32.2. The summed E-state index contributed by atoms with van der Waals surface area (Å²) >= 11 is 3.51. The molecule has 0 fully saturated rings. The van der Waals surface area contributed by atoms with Crippen LogP contribution in [0.1, 0.15) is 26.5 Å². The maximum Gasteiger partial charge on any atom is 0.165 e. The Bertz CT molecular complexity index is 244. The number of aromatic nitrogens is 1. The van der Waals surface area contributed by atoms with Gasteiger partial charge in [-0.3, -0.25) is 0 Å². The number of nitrogens with zero attached hydrogens (tertiary/aromatic N) is 2. The molecule has 0 aliphatic rings. The summed E-state index contributed by atoms with van der Waals surface area (Å²) < 4.78 is 3.47. The summed E-state index contributed by atoms with van der Waals surface area (Å²) in [5.41, 5.74) is 1.21. The number of hydrogen-bond acceptors (Lipinski definition) is 4. The first-order chi connectivity index (χ1) is 6.30. The second kappa shape index (κ2) is 5.62. The molecule has 0 N–H and O–H groups in total. The molecule has 13 heavy (non-hydrogen) atoms. The average Bonchev–Trinajstić information content (AvgIpc) is 2.61. The van der Waals surface area contributed by atoms with Crippen molar-refractivity contribution in [2.75, 3.05) is 13.1 Å². The van der Waals surface area contributed by atoms with Crippen molar-refractivity contribution in [1.82, 2.24) is 9.29 Å². The van der Waals surface area contributed by atoms with Crippen LogP contribution in [0.15, 0.2) is 9.72 Å². The summed E-state index contributed by atoms with van der Waals surface area (Å²) in [7, 11) is 0. The first kappa shape index (κ1) is 11.0. The molecule has 1 aromatic rings. The largest absolute Gasteiger partial charge is 0.245 e. The first-order valence-electron chi connectivity index (χ1n) is 4.67. The Hall–Kier alpha value is -0.0600. The van der Waals surface area contributed by atoms with Crippen LogP contribution in [-0.4, -0.2) is 22.4 Å². The lowest BCUT2D eigenvalue weighted by molar-refractivity contribution is 0.524. The molecule has 0 atom stereocenters. The second-order valence-electron chi connectivity index (χ2n) is 2.66. The van der Waals surface area contributed by atoms with Crippen molar-refractivity contribution in [3.8, 4) is 0 Å². The molecule has 0 bridgehead atoms. The van der Waals surface area contributed by atoms with E-state index in [4.69, 9.17) is 0 Å². The topological polar surface area (TPSA) is 16.1 Å². The molecule has 0 saturated heterocycles. The molecule has 1 rings (SSSR count). The first-order valence-corrected chi connectivity index (χ1v) is 6.32. The fourth-order valence-corrected chi connectivity index (χ4v) is 2.85. The minimum atomic E-state index is 1.04. The molecule has 4 heteroatoms. The molecule has 0 aliphatic heterocycles. The van der Waals surface area contributed by atoms with Gasteiger partial charge in [-0.2, -0.15) is 0 Å².